The van der Waals surface area contributed by atoms with Crippen molar-refractivity contribution >= 4 is 43.7 Å². The summed E-state index contributed by atoms with van der Waals surface area (Å²) in [7, 11) is -4.38. The molecule has 150 valence electrons. The molecule has 0 heterocycles. The smallest absolute Gasteiger partial charge is 0.294 e. The summed E-state index contributed by atoms with van der Waals surface area (Å²) in [5, 5.41) is 14.5. The molecule has 10 heteroatoms. The summed E-state index contributed by atoms with van der Waals surface area (Å²) in [5.74, 6) is 1.00. The van der Waals surface area contributed by atoms with Gasteiger partial charge in [-0.2, -0.15) is 8.42 Å². The van der Waals surface area contributed by atoms with Crippen LogP contribution in [0.15, 0.2) is 46.2 Å². The van der Waals surface area contributed by atoms with Crippen molar-refractivity contribution in [2.75, 3.05) is 13.2 Å². The van der Waals surface area contributed by atoms with Gasteiger partial charge in [0.15, 0.2) is 0 Å². The average Bonchev–Trinajstić information content (AvgIpc) is 2.67. The minimum Gasteiger partial charge on any atom is -0.493 e. The zero-order valence-electron chi connectivity index (χ0n) is 15.0. The summed E-state index contributed by atoms with van der Waals surface area (Å²) < 4.78 is 48.8. The van der Waals surface area contributed by atoms with E-state index < -0.39 is 10.1 Å². The Balaban J connectivity index is 2.40. The lowest BCUT2D eigenvalue weighted by Crippen LogP contribution is -2.01. The molecule has 0 aliphatic heterocycles. The third kappa shape index (κ3) is 4.02. The summed E-state index contributed by atoms with van der Waals surface area (Å²) in [6.45, 7) is 4.39. The predicted octanol–water partition coefficient (Wildman–Crippen LogP) is 4.47. The number of rotatable bonds is 8. The first-order valence-electron chi connectivity index (χ1n) is 8.32. The van der Waals surface area contributed by atoms with E-state index in [-0.39, 0.29) is 4.90 Å². The molecule has 0 unspecified atom stereocenters. The Morgan fingerprint density at radius 3 is 2.00 bits per heavy atom. The van der Waals surface area contributed by atoms with E-state index in [2.05, 4.69) is 9.37 Å². The number of benzene rings is 3. The molecule has 2 N–H and O–H groups in total. The summed E-state index contributed by atoms with van der Waals surface area (Å²) in [4.78, 5) is 0.405. The summed E-state index contributed by atoms with van der Waals surface area (Å²) >= 11 is 0.812. The molecule has 0 aliphatic carbocycles. The fourth-order valence-corrected chi connectivity index (χ4v) is 3.88. The first kappa shape index (κ1) is 20.6. The standard InChI is InChI=1S/C18H18O8S2/c1-3-23-17-14-8-6-12(28(20,21)22)10-16(14)18(24-4-2)13-7-5-11(9-15(13)17)27-26-25-19/h5-10,19H,3-4H2,1-2H3,(H,20,21,22). The van der Waals surface area contributed by atoms with Crippen LogP contribution in [0.3, 0.4) is 0 Å². The van der Waals surface area contributed by atoms with Crippen molar-refractivity contribution in [3.8, 4) is 11.5 Å². The van der Waals surface area contributed by atoms with Gasteiger partial charge < -0.3 is 9.47 Å². The van der Waals surface area contributed by atoms with Crippen LogP contribution < -0.4 is 9.47 Å². The summed E-state index contributed by atoms with van der Waals surface area (Å²) in [6.07, 6.45) is 0. The van der Waals surface area contributed by atoms with Gasteiger partial charge in [0.1, 0.15) is 11.5 Å². The maximum atomic E-state index is 11.6. The molecule has 0 saturated heterocycles. The third-order valence-corrected chi connectivity index (χ3v) is 5.42. The second-order valence-corrected chi connectivity index (χ2v) is 7.84. The summed E-state index contributed by atoms with van der Waals surface area (Å²) in [5.41, 5.74) is 0. The van der Waals surface area contributed by atoms with Crippen molar-refractivity contribution < 1.29 is 37.1 Å². The van der Waals surface area contributed by atoms with E-state index in [1.54, 1.807) is 24.3 Å². The zero-order valence-corrected chi connectivity index (χ0v) is 16.7. The van der Waals surface area contributed by atoms with Gasteiger partial charge in [-0.1, -0.05) is 5.04 Å². The number of hydrogen-bond acceptors (Lipinski definition) is 8. The van der Waals surface area contributed by atoms with Crippen LogP contribution in [0.1, 0.15) is 13.8 Å². The Hall–Kier alpha value is -2.08. The Morgan fingerprint density at radius 2 is 1.46 bits per heavy atom. The third-order valence-electron chi connectivity index (χ3n) is 4.00. The van der Waals surface area contributed by atoms with E-state index in [4.69, 9.17) is 14.7 Å². The molecule has 0 saturated carbocycles. The molecule has 0 radical (unpaired) electrons. The van der Waals surface area contributed by atoms with Crippen LogP contribution >= 0.6 is 12.0 Å². The normalized spacial score (nSPS) is 11.9. The molecule has 3 rings (SSSR count). The highest BCUT2D eigenvalue weighted by Crippen LogP contribution is 2.44. The van der Waals surface area contributed by atoms with Crippen LogP contribution in [0.5, 0.6) is 11.5 Å². The van der Waals surface area contributed by atoms with E-state index in [0.717, 1.165) is 12.0 Å². The van der Waals surface area contributed by atoms with Gasteiger partial charge in [-0.25, -0.2) is 5.26 Å². The lowest BCUT2D eigenvalue weighted by Gasteiger charge is -2.18. The van der Waals surface area contributed by atoms with E-state index in [9.17, 15) is 13.0 Å². The SMILES string of the molecule is CCOc1c2ccc(S(=O)(=O)O)cc2c(OCC)c2ccc(SOOO)cc12. The lowest BCUT2D eigenvalue weighted by atomic mass is 10.0. The van der Waals surface area contributed by atoms with Gasteiger partial charge in [0.05, 0.1) is 30.2 Å². The van der Waals surface area contributed by atoms with Crippen LogP contribution in [-0.2, 0) is 19.5 Å². The van der Waals surface area contributed by atoms with E-state index >= 15 is 0 Å². The lowest BCUT2D eigenvalue weighted by molar-refractivity contribution is -0.432. The van der Waals surface area contributed by atoms with Gasteiger partial charge in [-0.15, -0.1) is 4.33 Å². The number of hydrogen-bond donors (Lipinski definition) is 2. The van der Waals surface area contributed by atoms with Crippen molar-refractivity contribution in [3.05, 3.63) is 36.4 Å². The fourth-order valence-electron chi connectivity index (χ4n) is 2.98. The van der Waals surface area contributed by atoms with Crippen LogP contribution in [0, 0.1) is 0 Å². The topological polar surface area (TPSA) is 112 Å². The number of fused-ring (bicyclic) bond motifs is 2. The zero-order chi connectivity index (χ0) is 20.3. The Bertz CT molecular complexity index is 1110. The van der Waals surface area contributed by atoms with Gasteiger partial charge in [-0.3, -0.25) is 4.55 Å². The molecule has 0 fully saturated rings. The van der Waals surface area contributed by atoms with Gasteiger partial charge in [0.2, 0.25) is 0 Å². The molecule has 0 aliphatic rings. The Kier molecular flexibility index (Phi) is 6.28. The number of ether oxygens (including phenoxy) is 2. The first-order chi connectivity index (χ1) is 13.4. The highest BCUT2D eigenvalue weighted by Gasteiger charge is 2.19. The highest BCUT2D eigenvalue weighted by molar-refractivity contribution is 7.94. The molecular formula is C18H18O8S2. The van der Waals surface area contributed by atoms with Gasteiger partial charge >= 0.3 is 0 Å². The van der Waals surface area contributed by atoms with Crippen molar-refractivity contribution in [2.45, 2.75) is 23.6 Å². The second-order valence-electron chi connectivity index (χ2n) is 5.64. The monoisotopic (exact) mass is 426 g/mol. The molecule has 0 aromatic heterocycles. The molecular weight excluding hydrogens is 408 g/mol. The highest BCUT2D eigenvalue weighted by atomic mass is 32.2. The van der Waals surface area contributed by atoms with Gasteiger partial charge in [0, 0.05) is 26.4 Å². The second kappa shape index (κ2) is 8.52. The minimum absolute atomic E-state index is 0.233. The molecule has 8 nitrogen and oxygen atoms in total. The largest absolute Gasteiger partial charge is 0.493 e. The predicted molar refractivity (Wildman–Crippen MR) is 104 cm³/mol. The van der Waals surface area contributed by atoms with E-state index in [1.165, 1.54) is 12.1 Å². The summed E-state index contributed by atoms with van der Waals surface area (Å²) in [6, 6.07) is 9.52. The quantitative estimate of drug-likeness (QED) is 0.177. The van der Waals surface area contributed by atoms with Crippen molar-refractivity contribution in [1.82, 2.24) is 0 Å². The molecule has 0 spiro atoms. The van der Waals surface area contributed by atoms with E-state index in [0.29, 0.717) is 51.2 Å². The molecule has 3 aromatic rings. The molecule has 0 atom stereocenters. The fraction of sp³-hybridized carbons (Fsp3) is 0.222. The Labute approximate surface area is 165 Å². The van der Waals surface area contributed by atoms with Gasteiger partial charge in [0.25, 0.3) is 10.1 Å². The van der Waals surface area contributed by atoms with Crippen molar-refractivity contribution in [2.24, 2.45) is 0 Å². The molecule has 0 bridgehead atoms. The van der Waals surface area contributed by atoms with Crippen molar-refractivity contribution in [3.63, 3.8) is 0 Å². The average molecular weight is 426 g/mol. The molecule has 28 heavy (non-hydrogen) atoms. The van der Waals surface area contributed by atoms with Crippen LogP contribution in [0.25, 0.3) is 21.5 Å². The first-order valence-corrected chi connectivity index (χ1v) is 10.5. The van der Waals surface area contributed by atoms with Gasteiger partial charge in [-0.05, 0) is 50.2 Å². The Morgan fingerprint density at radius 1 is 0.893 bits per heavy atom. The van der Waals surface area contributed by atoms with Crippen LogP contribution in [0.2, 0.25) is 0 Å². The van der Waals surface area contributed by atoms with Crippen LogP contribution in [-0.4, -0.2) is 31.4 Å². The molecule has 3 aromatic carbocycles. The van der Waals surface area contributed by atoms with Crippen LogP contribution in [0.4, 0.5) is 0 Å². The maximum Gasteiger partial charge on any atom is 0.294 e. The maximum absolute atomic E-state index is 11.6. The van der Waals surface area contributed by atoms with E-state index in [1.807, 2.05) is 13.8 Å². The van der Waals surface area contributed by atoms with Crippen molar-refractivity contribution in [1.29, 1.82) is 0 Å². The molecule has 0 amide bonds. The minimum atomic E-state index is -4.38.